The molecule has 0 N–H and O–H groups in total. The number of amides is 1. The quantitative estimate of drug-likeness (QED) is 0.350. The third-order valence-corrected chi connectivity index (χ3v) is 5.70. The van der Waals surface area contributed by atoms with Gasteiger partial charge in [0.05, 0.1) is 16.9 Å². The van der Waals surface area contributed by atoms with Gasteiger partial charge in [0.25, 0.3) is 5.91 Å². The SMILES string of the molecule is CN(Cc1cn(-c2ccccc2)nc1-c1ccc(Cl)cc1)C(=O)c1ccc(-n2ccnc2)nc1. The molecule has 3 aromatic heterocycles. The van der Waals surface area contributed by atoms with Gasteiger partial charge in [0.2, 0.25) is 0 Å². The fraction of sp³-hybridized carbons (Fsp3) is 0.0769. The van der Waals surface area contributed by atoms with Gasteiger partial charge in [-0.2, -0.15) is 5.10 Å². The summed E-state index contributed by atoms with van der Waals surface area (Å²) in [6, 6.07) is 21.0. The van der Waals surface area contributed by atoms with Crippen molar-refractivity contribution in [2.75, 3.05) is 7.05 Å². The fourth-order valence-corrected chi connectivity index (χ4v) is 3.82. The molecule has 0 saturated carbocycles. The average molecular weight is 469 g/mol. The van der Waals surface area contributed by atoms with Crippen molar-refractivity contribution in [1.82, 2.24) is 29.2 Å². The second-order valence-corrected chi connectivity index (χ2v) is 8.26. The molecule has 1 amide bonds. The predicted molar refractivity (Wildman–Crippen MR) is 131 cm³/mol. The van der Waals surface area contributed by atoms with Crippen molar-refractivity contribution < 1.29 is 4.79 Å². The van der Waals surface area contributed by atoms with Gasteiger partial charge in [-0.1, -0.05) is 41.9 Å². The van der Waals surface area contributed by atoms with E-state index in [-0.39, 0.29) is 5.91 Å². The average Bonchev–Trinajstić information content (AvgIpc) is 3.56. The number of carbonyl (C=O) groups is 1. The third-order valence-electron chi connectivity index (χ3n) is 5.45. The summed E-state index contributed by atoms with van der Waals surface area (Å²) in [5.74, 6) is 0.574. The highest BCUT2D eigenvalue weighted by Gasteiger charge is 2.18. The summed E-state index contributed by atoms with van der Waals surface area (Å²) in [5, 5.41) is 5.48. The maximum atomic E-state index is 13.1. The number of carbonyl (C=O) groups excluding carboxylic acids is 1. The van der Waals surface area contributed by atoms with Gasteiger partial charge >= 0.3 is 0 Å². The second kappa shape index (κ2) is 9.33. The summed E-state index contributed by atoms with van der Waals surface area (Å²) in [7, 11) is 1.78. The first-order valence-corrected chi connectivity index (χ1v) is 11.1. The van der Waals surface area contributed by atoms with Gasteiger partial charge in [-0.25, -0.2) is 14.6 Å². The first kappa shape index (κ1) is 21.6. The minimum atomic E-state index is -0.126. The molecule has 34 heavy (non-hydrogen) atoms. The lowest BCUT2D eigenvalue weighted by molar-refractivity contribution is 0.0785. The number of hydrogen-bond donors (Lipinski definition) is 0. The van der Waals surface area contributed by atoms with Crippen LogP contribution in [0.4, 0.5) is 0 Å². The van der Waals surface area contributed by atoms with Gasteiger partial charge in [0.15, 0.2) is 0 Å². The number of aromatic nitrogens is 5. The Balaban J connectivity index is 1.42. The molecule has 8 heteroatoms. The molecule has 0 atom stereocenters. The second-order valence-electron chi connectivity index (χ2n) is 7.83. The van der Waals surface area contributed by atoms with Crippen molar-refractivity contribution in [2.24, 2.45) is 0 Å². The van der Waals surface area contributed by atoms with Crippen molar-refractivity contribution >= 4 is 17.5 Å². The van der Waals surface area contributed by atoms with Crippen LogP contribution in [0.2, 0.25) is 5.02 Å². The van der Waals surface area contributed by atoms with Gasteiger partial charge in [-0.05, 0) is 36.4 Å². The summed E-state index contributed by atoms with van der Waals surface area (Å²) >= 11 is 6.09. The lowest BCUT2D eigenvalue weighted by Gasteiger charge is -2.17. The number of pyridine rings is 1. The highest BCUT2D eigenvalue weighted by molar-refractivity contribution is 6.30. The zero-order chi connectivity index (χ0) is 23.5. The summed E-state index contributed by atoms with van der Waals surface area (Å²) in [5.41, 5.74) is 4.10. The molecule has 0 aliphatic carbocycles. The summed E-state index contributed by atoms with van der Waals surface area (Å²) in [6.45, 7) is 0.382. The maximum absolute atomic E-state index is 13.1. The van der Waals surface area contributed by atoms with E-state index in [4.69, 9.17) is 16.7 Å². The van der Waals surface area contributed by atoms with Crippen molar-refractivity contribution in [3.8, 4) is 22.8 Å². The molecule has 168 valence electrons. The van der Waals surface area contributed by atoms with Gasteiger partial charge in [0.1, 0.15) is 12.1 Å². The number of hydrogen-bond acceptors (Lipinski definition) is 4. The van der Waals surface area contributed by atoms with Crippen LogP contribution in [-0.4, -0.2) is 42.2 Å². The molecule has 5 aromatic rings. The van der Waals surface area contributed by atoms with E-state index in [1.165, 1.54) is 0 Å². The largest absolute Gasteiger partial charge is 0.337 e. The van der Waals surface area contributed by atoms with Crippen LogP contribution in [-0.2, 0) is 6.54 Å². The van der Waals surface area contributed by atoms with E-state index in [2.05, 4.69) is 9.97 Å². The van der Waals surface area contributed by atoms with Crippen molar-refractivity contribution in [3.63, 3.8) is 0 Å². The molecule has 5 rings (SSSR count). The molecule has 0 radical (unpaired) electrons. The van der Waals surface area contributed by atoms with Gasteiger partial charge in [0, 0.05) is 54.5 Å². The van der Waals surface area contributed by atoms with Crippen molar-refractivity contribution in [1.29, 1.82) is 0 Å². The molecule has 7 nitrogen and oxygen atoms in total. The van der Waals surface area contributed by atoms with E-state index < -0.39 is 0 Å². The topological polar surface area (TPSA) is 68.8 Å². The highest BCUT2D eigenvalue weighted by atomic mass is 35.5. The number of benzene rings is 2. The first-order valence-electron chi connectivity index (χ1n) is 10.7. The first-order chi connectivity index (χ1) is 16.6. The fourth-order valence-electron chi connectivity index (χ4n) is 3.70. The Morgan fingerprint density at radius 2 is 1.82 bits per heavy atom. The van der Waals surface area contributed by atoms with Crippen molar-refractivity contribution in [3.05, 3.63) is 114 Å². The Morgan fingerprint density at radius 1 is 1.03 bits per heavy atom. The Hall–Kier alpha value is -4.23. The Labute approximate surface area is 201 Å². The Bertz CT molecular complexity index is 1390. The Morgan fingerprint density at radius 3 is 2.50 bits per heavy atom. The summed E-state index contributed by atoms with van der Waals surface area (Å²) in [4.78, 5) is 23.2. The molecular formula is C26H21ClN6O. The van der Waals surface area contributed by atoms with Crippen LogP contribution in [0.25, 0.3) is 22.8 Å². The maximum Gasteiger partial charge on any atom is 0.255 e. The normalized spacial score (nSPS) is 10.9. The molecule has 0 bridgehead atoms. The molecular weight excluding hydrogens is 448 g/mol. The van der Waals surface area contributed by atoms with Gasteiger partial charge in [-0.15, -0.1) is 0 Å². The van der Waals surface area contributed by atoms with Gasteiger partial charge in [-0.3, -0.25) is 9.36 Å². The van der Waals surface area contributed by atoms with Gasteiger partial charge < -0.3 is 4.90 Å². The molecule has 0 aliphatic heterocycles. The van der Waals surface area contributed by atoms with E-state index in [1.807, 2.05) is 65.5 Å². The number of para-hydroxylation sites is 1. The molecule has 2 aromatic carbocycles. The third kappa shape index (κ3) is 4.46. The molecule has 0 aliphatic rings. The van der Waals surface area contributed by atoms with Crippen molar-refractivity contribution in [2.45, 2.75) is 6.54 Å². The van der Waals surface area contributed by atoms with Crippen LogP contribution >= 0.6 is 11.6 Å². The molecule has 0 fully saturated rings. The lowest BCUT2D eigenvalue weighted by Crippen LogP contribution is -2.26. The van der Waals surface area contributed by atoms with Crippen LogP contribution in [0.5, 0.6) is 0 Å². The molecule has 0 saturated heterocycles. The van der Waals surface area contributed by atoms with Crippen LogP contribution in [0.1, 0.15) is 15.9 Å². The summed E-state index contributed by atoms with van der Waals surface area (Å²) in [6.07, 6.45) is 8.70. The summed E-state index contributed by atoms with van der Waals surface area (Å²) < 4.78 is 3.62. The van der Waals surface area contributed by atoms with Crippen LogP contribution < -0.4 is 0 Å². The highest BCUT2D eigenvalue weighted by Crippen LogP contribution is 2.26. The van der Waals surface area contributed by atoms with Crippen LogP contribution in [0, 0.1) is 0 Å². The predicted octanol–water partition coefficient (Wildman–Crippen LogP) is 5.05. The van der Waals surface area contributed by atoms with E-state index >= 15 is 0 Å². The number of halogens is 1. The standard InChI is InChI=1S/C26H21ClN6O/c1-31(26(34)20-9-12-24(29-15-20)32-14-13-28-18-32)16-21-17-33(23-5-3-2-4-6-23)30-25(21)19-7-10-22(27)11-8-19/h2-15,17-18H,16H2,1H3. The van der Waals surface area contributed by atoms with E-state index in [0.717, 1.165) is 22.5 Å². The molecule has 3 heterocycles. The molecule has 0 unspecified atom stereocenters. The van der Waals surface area contributed by atoms with E-state index in [1.54, 1.807) is 53.6 Å². The lowest BCUT2D eigenvalue weighted by atomic mass is 10.1. The van der Waals surface area contributed by atoms with E-state index in [9.17, 15) is 4.79 Å². The van der Waals surface area contributed by atoms with Crippen LogP contribution in [0.3, 0.4) is 0 Å². The number of nitrogens with zero attached hydrogens (tertiary/aromatic N) is 6. The number of imidazole rings is 1. The Kier molecular flexibility index (Phi) is 5.93. The molecule has 0 spiro atoms. The van der Waals surface area contributed by atoms with E-state index in [0.29, 0.717) is 22.9 Å². The zero-order valence-electron chi connectivity index (χ0n) is 18.4. The smallest absolute Gasteiger partial charge is 0.255 e. The number of rotatable bonds is 6. The van der Waals surface area contributed by atoms with Crippen LogP contribution in [0.15, 0.2) is 97.8 Å². The minimum Gasteiger partial charge on any atom is -0.337 e. The zero-order valence-corrected chi connectivity index (χ0v) is 19.2. The monoisotopic (exact) mass is 468 g/mol. The minimum absolute atomic E-state index is 0.126.